The Balaban J connectivity index is 0.00000112. The topological polar surface area (TPSA) is 103 Å². The summed E-state index contributed by atoms with van der Waals surface area (Å²) in [5, 5.41) is 18.3. The van der Waals surface area contributed by atoms with Crippen LogP contribution in [-0.4, -0.2) is 70.2 Å². The summed E-state index contributed by atoms with van der Waals surface area (Å²) in [5.74, 6) is -0.00814. The average Bonchev–Trinajstić information content (AvgIpc) is 3.51. The number of carbonyl (C=O) groups excluding carboxylic acids is 1. The van der Waals surface area contributed by atoms with Crippen molar-refractivity contribution < 1.29 is 24.5 Å². The van der Waals surface area contributed by atoms with E-state index in [1.165, 1.54) is 36.2 Å². The first-order valence-corrected chi connectivity index (χ1v) is 14.2. The van der Waals surface area contributed by atoms with E-state index in [1.807, 2.05) is 19.1 Å². The molecule has 2 aliphatic heterocycles. The van der Waals surface area contributed by atoms with Crippen molar-refractivity contribution in [3.05, 3.63) is 70.2 Å². The molecule has 0 aliphatic carbocycles. The van der Waals surface area contributed by atoms with Gasteiger partial charge in [0, 0.05) is 30.8 Å². The van der Waals surface area contributed by atoms with E-state index in [-0.39, 0.29) is 12.4 Å². The number of hydrogen-bond donors (Lipinski definition) is 2. The molecule has 208 valence electrons. The largest absolute Gasteiger partial charge is 0.508 e. The number of phenolic OH excluding ortho intramolecular Hbond substituents is 1. The first-order valence-electron chi connectivity index (χ1n) is 13.4. The summed E-state index contributed by atoms with van der Waals surface area (Å²) >= 11 is 1.35. The molecule has 3 aromatic rings. The number of benzene rings is 2. The maximum absolute atomic E-state index is 12.2. The summed E-state index contributed by atoms with van der Waals surface area (Å²) in [6, 6.07) is 16.4. The molecule has 0 amide bonds. The van der Waals surface area contributed by atoms with E-state index in [0.29, 0.717) is 28.3 Å². The fourth-order valence-corrected chi connectivity index (χ4v) is 6.55. The van der Waals surface area contributed by atoms with Gasteiger partial charge in [0.1, 0.15) is 15.6 Å². The zero-order valence-electron chi connectivity index (χ0n) is 22.6. The molecule has 9 heteroatoms. The summed E-state index contributed by atoms with van der Waals surface area (Å²) in [4.78, 5) is 30.8. The number of ether oxygens (including phenoxy) is 1. The molecule has 2 fully saturated rings. The van der Waals surface area contributed by atoms with E-state index in [2.05, 4.69) is 45.1 Å². The Morgan fingerprint density at radius 1 is 1.08 bits per heavy atom. The highest BCUT2D eigenvalue weighted by Gasteiger charge is 2.40. The number of piperidine rings is 1. The van der Waals surface area contributed by atoms with Gasteiger partial charge in [-0.05, 0) is 81.9 Å². The SMILES string of the molecule is CCOC(=O)c1sc(-c2ccc(O)c(CN3CCC4(CCN(Cc5ccccc5)CC4)C3)c2)nc1C.O=CO. The number of hydrogen-bond acceptors (Lipinski definition) is 8. The molecule has 8 nitrogen and oxygen atoms in total. The van der Waals surface area contributed by atoms with Gasteiger partial charge in [-0.2, -0.15) is 0 Å². The standard InChI is InChI=1S/C29H35N3O3S.CH2O2/c1-3-35-28(34)26-21(2)30-27(36-26)23-9-10-25(33)24(17-23)19-32-16-13-29(20-32)11-14-31(15-12-29)18-22-7-5-4-6-8-22;2-1-3/h4-10,17,33H,3,11-16,18-20H2,1-2H3;1H,(H,2,3). The Kier molecular flexibility index (Phi) is 9.72. The second-order valence-corrected chi connectivity index (χ2v) is 11.3. The Morgan fingerprint density at radius 3 is 2.41 bits per heavy atom. The maximum atomic E-state index is 12.2. The second-order valence-electron chi connectivity index (χ2n) is 10.3. The lowest BCUT2D eigenvalue weighted by Crippen LogP contribution is -2.41. The van der Waals surface area contributed by atoms with Crippen molar-refractivity contribution in [2.24, 2.45) is 5.41 Å². The molecule has 5 rings (SSSR count). The lowest BCUT2D eigenvalue weighted by molar-refractivity contribution is -0.122. The van der Waals surface area contributed by atoms with Crippen LogP contribution in [0.15, 0.2) is 48.5 Å². The van der Waals surface area contributed by atoms with Gasteiger partial charge in [0.2, 0.25) is 0 Å². The first kappa shape index (κ1) is 28.7. The number of nitrogens with zero attached hydrogens (tertiary/aromatic N) is 3. The van der Waals surface area contributed by atoms with Crippen molar-refractivity contribution in [3.63, 3.8) is 0 Å². The quantitative estimate of drug-likeness (QED) is 0.306. The van der Waals surface area contributed by atoms with Crippen molar-refractivity contribution in [1.82, 2.24) is 14.8 Å². The van der Waals surface area contributed by atoms with Crippen LogP contribution in [0.25, 0.3) is 10.6 Å². The zero-order valence-corrected chi connectivity index (χ0v) is 23.5. The number of aromatic nitrogens is 1. The molecule has 0 saturated carbocycles. The van der Waals surface area contributed by atoms with Gasteiger partial charge in [0.05, 0.1) is 12.3 Å². The van der Waals surface area contributed by atoms with E-state index < -0.39 is 0 Å². The van der Waals surface area contributed by atoms with Crippen molar-refractivity contribution in [2.45, 2.75) is 46.2 Å². The van der Waals surface area contributed by atoms with E-state index >= 15 is 0 Å². The van der Waals surface area contributed by atoms with Crippen LogP contribution in [0.3, 0.4) is 0 Å². The molecule has 2 aliphatic rings. The fraction of sp³-hybridized carbons (Fsp3) is 0.433. The number of phenols is 1. The van der Waals surface area contributed by atoms with Crippen LogP contribution in [0.5, 0.6) is 5.75 Å². The molecular formula is C30H37N3O5S. The Hall–Kier alpha value is -3.27. The number of carboxylic acid groups (broad SMARTS) is 1. The summed E-state index contributed by atoms with van der Waals surface area (Å²) < 4.78 is 5.16. The van der Waals surface area contributed by atoms with Gasteiger partial charge >= 0.3 is 5.97 Å². The first-order chi connectivity index (χ1) is 18.9. The van der Waals surface area contributed by atoms with Crippen molar-refractivity contribution in [2.75, 3.05) is 32.8 Å². The predicted octanol–water partition coefficient (Wildman–Crippen LogP) is 5.19. The van der Waals surface area contributed by atoms with Gasteiger partial charge in [-0.3, -0.25) is 14.6 Å². The molecule has 1 aromatic heterocycles. The fourth-order valence-electron chi connectivity index (χ4n) is 5.59. The minimum atomic E-state index is -0.324. The van der Waals surface area contributed by atoms with Gasteiger partial charge in [-0.25, -0.2) is 9.78 Å². The molecule has 2 saturated heterocycles. The normalized spacial score (nSPS) is 17.0. The minimum absolute atomic E-state index is 0.250. The van der Waals surface area contributed by atoms with Gasteiger partial charge < -0.3 is 14.9 Å². The molecule has 0 radical (unpaired) electrons. The number of carbonyl (C=O) groups is 2. The Bertz CT molecular complexity index is 1250. The number of aromatic hydroxyl groups is 1. The summed E-state index contributed by atoms with van der Waals surface area (Å²) in [6.07, 6.45) is 3.69. The minimum Gasteiger partial charge on any atom is -0.508 e. The van der Waals surface area contributed by atoms with Gasteiger partial charge in [0.25, 0.3) is 6.47 Å². The molecule has 2 aromatic carbocycles. The molecule has 0 unspecified atom stereocenters. The molecule has 0 bridgehead atoms. The van der Waals surface area contributed by atoms with Crippen LogP contribution < -0.4 is 0 Å². The molecular weight excluding hydrogens is 514 g/mol. The molecule has 0 atom stereocenters. The number of thiazole rings is 1. The average molecular weight is 552 g/mol. The van der Waals surface area contributed by atoms with Crippen molar-refractivity contribution in [3.8, 4) is 16.3 Å². The number of aryl methyl sites for hydroxylation is 1. The molecule has 2 N–H and O–H groups in total. The number of esters is 1. The van der Waals surface area contributed by atoms with Crippen LogP contribution in [0.4, 0.5) is 0 Å². The van der Waals surface area contributed by atoms with Crippen LogP contribution in [0, 0.1) is 12.3 Å². The molecule has 39 heavy (non-hydrogen) atoms. The lowest BCUT2D eigenvalue weighted by Gasteiger charge is -2.39. The molecule has 1 spiro atoms. The van der Waals surface area contributed by atoms with Gasteiger partial charge in [-0.15, -0.1) is 11.3 Å². The van der Waals surface area contributed by atoms with Crippen LogP contribution in [0.1, 0.15) is 52.7 Å². The van der Waals surface area contributed by atoms with E-state index in [1.54, 1.807) is 13.0 Å². The van der Waals surface area contributed by atoms with E-state index in [0.717, 1.165) is 55.4 Å². The monoisotopic (exact) mass is 551 g/mol. The van der Waals surface area contributed by atoms with Crippen molar-refractivity contribution in [1.29, 1.82) is 0 Å². The van der Waals surface area contributed by atoms with Gasteiger partial charge in [0.15, 0.2) is 0 Å². The zero-order chi connectivity index (χ0) is 27.8. The summed E-state index contributed by atoms with van der Waals surface area (Å²) in [5.41, 5.74) is 4.30. The van der Waals surface area contributed by atoms with E-state index in [9.17, 15) is 9.90 Å². The molecule has 3 heterocycles. The predicted molar refractivity (Wildman–Crippen MR) is 152 cm³/mol. The van der Waals surface area contributed by atoms with Crippen LogP contribution in [0.2, 0.25) is 0 Å². The third-order valence-corrected chi connectivity index (χ3v) is 8.85. The Morgan fingerprint density at radius 2 is 1.74 bits per heavy atom. The van der Waals surface area contributed by atoms with Crippen molar-refractivity contribution >= 4 is 23.8 Å². The third kappa shape index (κ3) is 7.23. The second kappa shape index (κ2) is 13.2. The lowest BCUT2D eigenvalue weighted by atomic mass is 9.77. The highest BCUT2D eigenvalue weighted by molar-refractivity contribution is 7.17. The van der Waals surface area contributed by atoms with Gasteiger partial charge in [-0.1, -0.05) is 30.3 Å². The number of likely N-dealkylation sites (tertiary alicyclic amines) is 2. The summed E-state index contributed by atoms with van der Waals surface area (Å²) in [7, 11) is 0. The van der Waals surface area contributed by atoms with E-state index in [4.69, 9.17) is 14.6 Å². The highest BCUT2D eigenvalue weighted by Crippen LogP contribution is 2.42. The maximum Gasteiger partial charge on any atom is 0.350 e. The highest BCUT2D eigenvalue weighted by atomic mass is 32.1. The Labute approximate surface area is 233 Å². The smallest absolute Gasteiger partial charge is 0.350 e. The number of rotatable bonds is 7. The van der Waals surface area contributed by atoms with Crippen LogP contribution in [-0.2, 0) is 22.6 Å². The van der Waals surface area contributed by atoms with Crippen LogP contribution >= 0.6 is 11.3 Å². The third-order valence-electron chi connectivity index (χ3n) is 7.66. The summed E-state index contributed by atoms with van der Waals surface area (Å²) in [6.45, 7) is 9.94.